The van der Waals surface area contributed by atoms with E-state index < -0.39 is 0 Å². The van der Waals surface area contributed by atoms with Gasteiger partial charge in [0, 0.05) is 5.56 Å². The molecule has 1 amide bonds. The molecule has 4 N–H and O–H groups in total. The number of anilines is 1. The van der Waals surface area contributed by atoms with Gasteiger partial charge in [0.25, 0.3) is 5.91 Å². The number of carbonyl (C=O) groups excluding carboxylic acids is 1. The van der Waals surface area contributed by atoms with Crippen molar-refractivity contribution in [3.63, 3.8) is 0 Å². The second kappa shape index (κ2) is 6.10. The van der Waals surface area contributed by atoms with Crippen molar-refractivity contribution in [2.24, 2.45) is 0 Å². The SMILES string of the molecule is CC[C@H](CO)NC(=O)c1ccc(OC)c(N)c1. The van der Waals surface area contributed by atoms with Crippen LogP contribution in [0, 0.1) is 0 Å². The molecule has 0 spiro atoms. The molecule has 0 saturated carbocycles. The van der Waals surface area contributed by atoms with Crippen molar-refractivity contribution in [3.8, 4) is 5.75 Å². The summed E-state index contributed by atoms with van der Waals surface area (Å²) in [4.78, 5) is 11.8. The van der Waals surface area contributed by atoms with E-state index in [1.54, 1.807) is 18.2 Å². The third kappa shape index (κ3) is 3.35. The van der Waals surface area contributed by atoms with Crippen LogP contribution in [0.1, 0.15) is 23.7 Å². The van der Waals surface area contributed by atoms with Gasteiger partial charge in [0.1, 0.15) is 5.75 Å². The lowest BCUT2D eigenvalue weighted by atomic mass is 10.1. The number of ether oxygens (including phenoxy) is 1. The number of nitrogen functional groups attached to an aromatic ring is 1. The number of amides is 1. The quantitative estimate of drug-likeness (QED) is 0.662. The van der Waals surface area contributed by atoms with Crippen molar-refractivity contribution in [1.82, 2.24) is 5.32 Å². The Morgan fingerprint density at radius 2 is 2.29 bits per heavy atom. The topological polar surface area (TPSA) is 84.6 Å². The monoisotopic (exact) mass is 238 g/mol. The van der Waals surface area contributed by atoms with Gasteiger partial charge in [0.2, 0.25) is 0 Å². The van der Waals surface area contributed by atoms with Gasteiger partial charge in [-0.3, -0.25) is 4.79 Å². The Morgan fingerprint density at radius 3 is 2.76 bits per heavy atom. The first-order valence-electron chi connectivity index (χ1n) is 5.47. The summed E-state index contributed by atoms with van der Waals surface area (Å²) < 4.78 is 5.01. The summed E-state index contributed by atoms with van der Waals surface area (Å²) in [6.07, 6.45) is 0.674. The summed E-state index contributed by atoms with van der Waals surface area (Å²) in [5.74, 6) is 0.288. The average Bonchev–Trinajstić information content (AvgIpc) is 2.35. The standard InChI is InChI=1S/C12H18N2O3/c1-3-9(7-15)14-12(16)8-4-5-11(17-2)10(13)6-8/h4-6,9,15H,3,7,13H2,1-2H3,(H,14,16)/t9-/m1/s1. The molecule has 5 nitrogen and oxygen atoms in total. The molecule has 5 heteroatoms. The van der Waals surface area contributed by atoms with Crippen LogP contribution in [0.3, 0.4) is 0 Å². The minimum absolute atomic E-state index is 0.0755. The maximum Gasteiger partial charge on any atom is 0.251 e. The first kappa shape index (κ1) is 13.3. The van der Waals surface area contributed by atoms with Crippen LogP contribution in [-0.4, -0.2) is 30.8 Å². The van der Waals surface area contributed by atoms with E-state index in [1.807, 2.05) is 6.92 Å². The zero-order valence-electron chi connectivity index (χ0n) is 10.1. The molecule has 1 rings (SSSR count). The van der Waals surface area contributed by atoms with Gasteiger partial charge in [-0.15, -0.1) is 0 Å². The van der Waals surface area contributed by atoms with Gasteiger partial charge in [0.05, 0.1) is 25.4 Å². The van der Waals surface area contributed by atoms with Crippen molar-refractivity contribution in [3.05, 3.63) is 23.8 Å². The fraction of sp³-hybridized carbons (Fsp3) is 0.417. The Balaban J connectivity index is 2.79. The van der Waals surface area contributed by atoms with E-state index in [4.69, 9.17) is 15.6 Å². The second-order valence-electron chi connectivity index (χ2n) is 3.72. The number of methoxy groups -OCH3 is 1. The molecule has 0 radical (unpaired) electrons. The number of nitrogens with one attached hydrogen (secondary N) is 1. The van der Waals surface area contributed by atoms with E-state index in [-0.39, 0.29) is 18.6 Å². The molecule has 94 valence electrons. The summed E-state index contributed by atoms with van der Waals surface area (Å²) in [6, 6.07) is 4.60. The molecule has 0 aliphatic carbocycles. The molecule has 0 heterocycles. The Bertz CT molecular complexity index is 389. The van der Waals surface area contributed by atoms with Crippen LogP contribution in [0.15, 0.2) is 18.2 Å². The molecule has 0 saturated heterocycles. The zero-order valence-corrected chi connectivity index (χ0v) is 10.1. The molecule has 1 atom stereocenters. The second-order valence-corrected chi connectivity index (χ2v) is 3.72. The molecule has 17 heavy (non-hydrogen) atoms. The molecule has 0 aliphatic rings. The van der Waals surface area contributed by atoms with Crippen molar-refractivity contribution >= 4 is 11.6 Å². The number of carbonyl (C=O) groups is 1. The lowest BCUT2D eigenvalue weighted by molar-refractivity contribution is 0.0915. The van der Waals surface area contributed by atoms with Gasteiger partial charge in [-0.1, -0.05) is 6.92 Å². The van der Waals surface area contributed by atoms with E-state index in [9.17, 15) is 4.79 Å². The van der Waals surface area contributed by atoms with Gasteiger partial charge in [-0.2, -0.15) is 0 Å². The van der Waals surface area contributed by atoms with Crippen molar-refractivity contribution < 1.29 is 14.6 Å². The summed E-state index contributed by atoms with van der Waals surface area (Å²) in [6.45, 7) is 1.82. The van der Waals surface area contributed by atoms with Crippen molar-refractivity contribution in [1.29, 1.82) is 0 Å². The van der Waals surface area contributed by atoms with Crippen LogP contribution >= 0.6 is 0 Å². The Kier molecular flexibility index (Phi) is 4.78. The molecule has 1 aromatic rings. The highest BCUT2D eigenvalue weighted by Crippen LogP contribution is 2.21. The van der Waals surface area contributed by atoms with Gasteiger partial charge in [-0.05, 0) is 24.6 Å². The number of aliphatic hydroxyl groups excluding tert-OH is 1. The van der Waals surface area contributed by atoms with Crippen LogP contribution in [0.25, 0.3) is 0 Å². The number of benzene rings is 1. The maximum atomic E-state index is 11.8. The number of rotatable bonds is 5. The minimum atomic E-state index is -0.250. The first-order valence-corrected chi connectivity index (χ1v) is 5.47. The zero-order chi connectivity index (χ0) is 12.8. The predicted molar refractivity (Wildman–Crippen MR) is 66.0 cm³/mol. The van der Waals surface area contributed by atoms with E-state index >= 15 is 0 Å². The predicted octanol–water partition coefficient (Wildman–Crippen LogP) is 0.778. The van der Waals surface area contributed by atoms with Crippen LogP contribution in [0.2, 0.25) is 0 Å². The molecular formula is C12H18N2O3. The average molecular weight is 238 g/mol. The van der Waals surface area contributed by atoms with E-state index in [0.29, 0.717) is 23.4 Å². The number of hydrogen-bond acceptors (Lipinski definition) is 4. The lowest BCUT2D eigenvalue weighted by Gasteiger charge is -2.14. The number of nitrogens with two attached hydrogens (primary N) is 1. The number of aliphatic hydroxyl groups is 1. The Morgan fingerprint density at radius 1 is 1.59 bits per heavy atom. The highest BCUT2D eigenvalue weighted by atomic mass is 16.5. The molecule has 1 aromatic carbocycles. The van der Waals surface area contributed by atoms with Gasteiger partial charge in [-0.25, -0.2) is 0 Å². The van der Waals surface area contributed by atoms with Gasteiger partial charge >= 0.3 is 0 Å². The molecular weight excluding hydrogens is 220 g/mol. The van der Waals surface area contributed by atoms with Crippen molar-refractivity contribution in [2.45, 2.75) is 19.4 Å². The van der Waals surface area contributed by atoms with Crippen molar-refractivity contribution in [2.75, 3.05) is 19.5 Å². The number of hydrogen-bond donors (Lipinski definition) is 3. The van der Waals surface area contributed by atoms with Crippen LogP contribution in [0.5, 0.6) is 5.75 Å². The van der Waals surface area contributed by atoms with Crippen LogP contribution in [-0.2, 0) is 0 Å². The highest BCUT2D eigenvalue weighted by molar-refractivity contribution is 5.95. The third-order valence-electron chi connectivity index (χ3n) is 2.54. The smallest absolute Gasteiger partial charge is 0.251 e. The van der Waals surface area contributed by atoms with E-state index in [1.165, 1.54) is 7.11 Å². The summed E-state index contributed by atoms with van der Waals surface area (Å²) in [5, 5.41) is 11.7. The normalized spacial score (nSPS) is 11.9. The van der Waals surface area contributed by atoms with Crippen LogP contribution < -0.4 is 15.8 Å². The fourth-order valence-electron chi connectivity index (χ4n) is 1.42. The summed E-state index contributed by atoms with van der Waals surface area (Å²) in [7, 11) is 1.52. The largest absolute Gasteiger partial charge is 0.495 e. The first-order chi connectivity index (χ1) is 8.12. The van der Waals surface area contributed by atoms with E-state index in [2.05, 4.69) is 5.32 Å². The maximum absolute atomic E-state index is 11.8. The summed E-state index contributed by atoms with van der Waals surface area (Å²) in [5.41, 5.74) is 6.58. The molecule has 0 bridgehead atoms. The van der Waals surface area contributed by atoms with E-state index in [0.717, 1.165) is 0 Å². The minimum Gasteiger partial charge on any atom is -0.495 e. The summed E-state index contributed by atoms with van der Waals surface area (Å²) >= 11 is 0. The third-order valence-corrected chi connectivity index (χ3v) is 2.54. The Hall–Kier alpha value is -1.75. The fourth-order valence-corrected chi connectivity index (χ4v) is 1.42. The van der Waals surface area contributed by atoms with Gasteiger partial charge in [0.15, 0.2) is 0 Å². The highest BCUT2D eigenvalue weighted by Gasteiger charge is 2.12. The lowest BCUT2D eigenvalue weighted by Crippen LogP contribution is -2.36. The van der Waals surface area contributed by atoms with Gasteiger partial charge < -0.3 is 20.9 Å². The van der Waals surface area contributed by atoms with Crippen LogP contribution in [0.4, 0.5) is 5.69 Å². The molecule has 0 aliphatic heterocycles. The Labute approximate surface area is 101 Å². The molecule has 0 aromatic heterocycles. The molecule has 0 unspecified atom stereocenters. The molecule has 0 fully saturated rings.